The lowest BCUT2D eigenvalue weighted by molar-refractivity contribution is 0.102. The highest BCUT2D eigenvalue weighted by Crippen LogP contribution is 2.28. The van der Waals surface area contributed by atoms with Gasteiger partial charge in [-0.05, 0) is 48.9 Å². The van der Waals surface area contributed by atoms with E-state index < -0.39 is 0 Å². The van der Waals surface area contributed by atoms with Gasteiger partial charge in [-0.1, -0.05) is 6.07 Å². The number of nitrogens with one attached hydrogen (secondary N) is 2. The second-order valence-corrected chi connectivity index (χ2v) is 5.46. The van der Waals surface area contributed by atoms with Gasteiger partial charge in [0.1, 0.15) is 11.6 Å². The van der Waals surface area contributed by atoms with Gasteiger partial charge in [-0.25, -0.2) is 4.98 Å². The maximum Gasteiger partial charge on any atom is 0.258 e. The standard InChI is InChI=1S/C19H18N4O2/c1-13-5-7-17(25-2)16(10-13)22-15-6-8-18(21-12-15)23-19(24)14-4-3-9-20-11-14/h3-12,22H,1-2H3,(H,21,23,24). The number of anilines is 3. The number of pyridine rings is 2. The zero-order valence-electron chi connectivity index (χ0n) is 14.0. The van der Waals surface area contributed by atoms with E-state index in [0.29, 0.717) is 11.4 Å². The number of methoxy groups -OCH3 is 1. The Morgan fingerprint density at radius 3 is 2.68 bits per heavy atom. The number of hydrogen-bond donors (Lipinski definition) is 2. The summed E-state index contributed by atoms with van der Waals surface area (Å²) >= 11 is 0. The summed E-state index contributed by atoms with van der Waals surface area (Å²) in [4.78, 5) is 20.3. The lowest BCUT2D eigenvalue weighted by Gasteiger charge is -2.12. The Bertz CT molecular complexity index is 864. The van der Waals surface area contributed by atoms with Crippen LogP contribution in [-0.4, -0.2) is 23.0 Å². The average molecular weight is 334 g/mol. The van der Waals surface area contributed by atoms with Gasteiger partial charge in [0, 0.05) is 12.4 Å². The molecule has 1 aromatic carbocycles. The van der Waals surface area contributed by atoms with Crippen molar-refractivity contribution in [2.24, 2.45) is 0 Å². The first-order valence-electron chi connectivity index (χ1n) is 7.75. The van der Waals surface area contributed by atoms with Gasteiger partial charge in [0.2, 0.25) is 0 Å². The predicted molar refractivity (Wildman–Crippen MR) is 97.4 cm³/mol. The summed E-state index contributed by atoms with van der Waals surface area (Å²) in [7, 11) is 1.63. The first-order valence-corrected chi connectivity index (χ1v) is 7.75. The Hall–Kier alpha value is -3.41. The number of carbonyl (C=O) groups excluding carboxylic acids is 1. The van der Waals surface area contributed by atoms with Crippen molar-refractivity contribution in [3.63, 3.8) is 0 Å². The highest BCUT2D eigenvalue weighted by Gasteiger charge is 2.07. The molecule has 0 bridgehead atoms. The van der Waals surface area contributed by atoms with Crippen molar-refractivity contribution >= 4 is 23.1 Å². The smallest absolute Gasteiger partial charge is 0.258 e. The quantitative estimate of drug-likeness (QED) is 0.742. The van der Waals surface area contributed by atoms with Gasteiger partial charge < -0.3 is 15.4 Å². The maximum atomic E-state index is 12.1. The molecule has 25 heavy (non-hydrogen) atoms. The molecule has 2 aromatic heterocycles. The molecule has 3 aromatic rings. The van der Waals surface area contributed by atoms with E-state index >= 15 is 0 Å². The molecule has 0 fully saturated rings. The molecule has 126 valence electrons. The number of hydrogen-bond acceptors (Lipinski definition) is 5. The minimum atomic E-state index is -0.248. The normalized spacial score (nSPS) is 10.2. The molecule has 6 nitrogen and oxygen atoms in total. The molecule has 6 heteroatoms. The summed E-state index contributed by atoms with van der Waals surface area (Å²) in [5.74, 6) is 0.969. The number of amides is 1. The summed E-state index contributed by atoms with van der Waals surface area (Å²) < 4.78 is 5.35. The minimum absolute atomic E-state index is 0.248. The van der Waals surface area contributed by atoms with Crippen LogP contribution in [0.15, 0.2) is 61.1 Å². The van der Waals surface area contributed by atoms with Gasteiger partial charge in [-0.2, -0.15) is 0 Å². The van der Waals surface area contributed by atoms with Crippen LogP contribution >= 0.6 is 0 Å². The van der Waals surface area contributed by atoms with E-state index in [2.05, 4.69) is 20.6 Å². The SMILES string of the molecule is COc1ccc(C)cc1Nc1ccc(NC(=O)c2cccnc2)nc1. The summed E-state index contributed by atoms with van der Waals surface area (Å²) in [5, 5.41) is 6.00. The molecule has 0 atom stereocenters. The van der Waals surface area contributed by atoms with E-state index in [1.165, 1.54) is 6.20 Å². The van der Waals surface area contributed by atoms with Crippen molar-refractivity contribution in [3.05, 3.63) is 72.2 Å². The van der Waals surface area contributed by atoms with Gasteiger partial charge >= 0.3 is 0 Å². The molecule has 0 radical (unpaired) electrons. The third-order valence-corrected chi connectivity index (χ3v) is 3.56. The Morgan fingerprint density at radius 1 is 1.12 bits per heavy atom. The van der Waals surface area contributed by atoms with Crippen LogP contribution in [-0.2, 0) is 0 Å². The van der Waals surface area contributed by atoms with Crippen molar-refractivity contribution < 1.29 is 9.53 Å². The van der Waals surface area contributed by atoms with E-state index in [4.69, 9.17) is 4.74 Å². The topological polar surface area (TPSA) is 76.1 Å². The molecule has 0 saturated heterocycles. The first-order chi connectivity index (χ1) is 12.2. The van der Waals surface area contributed by atoms with E-state index in [1.807, 2.05) is 31.2 Å². The second kappa shape index (κ2) is 7.44. The number of benzene rings is 1. The fraction of sp³-hybridized carbons (Fsp3) is 0.105. The molecule has 2 N–H and O–H groups in total. The summed E-state index contributed by atoms with van der Waals surface area (Å²) in [6, 6.07) is 12.9. The van der Waals surface area contributed by atoms with Gasteiger partial charge in [0.25, 0.3) is 5.91 Å². The first kappa shape index (κ1) is 16.4. The van der Waals surface area contributed by atoms with E-state index in [-0.39, 0.29) is 5.91 Å². The molecule has 3 rings (SSSR count). The molecule has 0 unspecified atom stereocenters. The molecular formula is C19H18N4O2. The van der Waals surface area contributed by atoms with E-state index in [0.717, 1.165) is 22.7 Å². The number of rotatable bonds is 5. The van der Waals surface area contributed by atoms with Crippen molar-refractivity contribution in [1.29, 1.82) is 0 Å². The summed E-state index contributed by atoms with van der Waals surface area (Å²) in [5.41, 5.74) is 3.26. The maximum absolute atomic E-state index is 12.1. The van der Waals surface area contributed by atoms with Gasteiger partial charge in [0.15, 0.2) is 0 Å². The largest absolute Gasteiger partial charge is 0.495 e. The van der Waals surface area contributed by atoms with Crippen LogP contribution in [0.4, 0.5) is 17.2 Å². The highest BCUT2D eigenvalue weighted by atomic mass is 16.5. The van der Waals surface area contributed by atoms with E-state index in [1.54, 1.807) is 37.7 Å². The van der Waals surface area contributed by atoms with Crippen LogP contribution in [0.2, 0.25) is 0 Å². The zero-order chi connectivity index (χ0) is 17.6. The van der Waals surface area contributed by atoms with Crippen molar-refractivity contribution in [3.8, 4) is 5.75 Å². The van der Waals surface area contributed by atoms with Crippen LogP contribution in [0.1, 0.15) is 15.9 Å². The fourth-order valence-corrected chi connectivity index (χ4v) is 2.30. The molecule has 0 aliphatic carbocycles. The van der Waals surface area contributed by atoms with Crippen molar-refractivity contribution in [2.45, 2.75) is 6.92 Å². The van der Waals surface area contributed by atoms with Crippen LogP contribution in [0, 0.1) is 6.92 Å². The number of nitrogens with zero attached hydrogens (tertiary/aromatic N) is 2. The average Bonchev–Trinajstić information content (AvgIpc) is 2.64. The Labute approximate surface area is 145 Å². The van der Waals surface area contributed by atoms with Crippen LogP contribution < -0.4 is 15.4 Å². The Balaban J connectivity index is 1.70. The van der Waals surface area contributed by atoms with Crippen LogP contribution in [0.5, 0.6) is 5.75 Å². The van der Waals surface area contributed by atoms with Crippen LogP contribution in [0.25, 0.3) is 0 Å². The van der Waals surface area contributed by atoms with Crippen molar-refractivity contribution in [2.75, 3.05) is 17.7 Å². The Morgan fingerprint density at radius 2 is 2.00 bits per heavy atom. The number of ether oxygens (including phenoxy) is 1. The summed E-state index contributed by atoms with van der Waals surface area (Å²) in [6.07, 6.45) is 4.78. The third-order valence-electron chi connectivity index (χ3n) is 3.56. The predicted octanol–water partition coefficient (Wildman–Crippen LogP) is 3.79. The van der Waals surface area contributed by atoms with Gasteiger partial charge in [0.05, 0.1) is 30.2 Å². The number of aryl methyl sites for hydroxylation is 1. The lowest BCUT2D eigenvalue weighted by atomic mass is 10.2. The molecule has 2 heterocycles. The molecular weight excluding hydrogens is 316 g/mol. The monoisotopic (exact) mass is 334 g/mol. The molecule has 0 saturated carbocycles. The van der Waals surface area contributed by atoms with Gasteiger partial charge in [-0.15, -0.1) is 0 Å². The lowest BCUT2D eigenvalue weighted by Crippen LogP contribution is -2.13. The van der Waals surface area contributed by atoms with E-state index in [9.17, 15) is 4.79 Å². The number of carbonyl (C=O) groups is 1. The van der Waals surface area contributed by atoms with Gasteiger partial charge in [-0.3, -0.25) is 9.78 Å². The van der Waals surface area contributed by atoms with Crippen molar-refractivity contribution in [1.82, 2.24) is 9.97 Å². The third kappa shape index (κ3) is 4.11. The van der Waals surface area contributed by atoms with Crippen LogP contribution in [0.3, 0.4) is 0 Å². The zero-order valence-corrected chi connectivity index (χ0v) is 14.0. The molecule has 1 amide bonds. The minimum Gasteiger partial charge on any atom is -0.495 e. The molecule has 0 aliphatic heterocycles. The molecule has 0 aliphatic rings. The summed E-state index contributed by atoms with van der Waals surface area (Å²) in [6.45, 7) is 2.01. The second-order valence-electron chi connectivity index (χ2n) is 5.46. The number of aromatic nitrogens is 2. The molecule has 0 spiro atoms. The highest BCUT2D eigenvalue weighted by molar-refractivity contribution is 6.03. The fourth-order valence-electron chi connectivity index (χ4n) is 2.30. The Kier molecular flexibility index (Phi) is 4.89.